The van der Waals surface area contributed by atoms with Crippen molar-refractivity contribution in [2.45, 2.75) is 26.5 Å². The summed E-state index contributed by atoms with van der Waals surface area (Å²) in [4.78, 5) is 12.7. The topological polar surface area (TPSA) is 84.9 Å². The molecule has 0 aromatic heterocycles. The van der Waals surface area contributed by atoms with Crippen molar-refractivity contribution in [3.63, 3.8) is 0 Å². The number of hydrogen-bond donors (Lipinski definition) is 1. The van der Waals surface area contributed by atoms with Gasteiger partial charge in [0, 0.05) is 12.1 Å². The van der Waals surface area contributed by atoms with E-state index in [1.807, 2.05) is 31.2 Å². The van der Waals surface area contributed by atoms with Crippen LogP contribution in [0.2, 0.25) is 0 Å². The van der Waals surface area contributed by atoms with Gasteiger partial charge in [0.15, 0.2) is 6.10 Å². The molecule has 1 heterocycles. The summed E-state index contributed by atoms with van der Waals surface area (Å²) in [5.41, 5.74) is 1.29. The molecule has 0 radical (unpaired) electrons. The number of fused-ring (bicyclic) bond motifs is 1. The van der Waals surface area contributed by atoms with E-state index in [-0.39, 0.29) is 24.7 Å². The number of amides is 1. The maximum Gasteiger partial charge on any atom is 0.263 e. The highest BCUT2D eigenvalue weighted by Crippen LogP contribution is 2.35. The zero-order chi connectivity index (χ0) is 20.1. The molecule has 0 aliphatic carbocycles. The van der Waals surface area contributed by atoms with Gasteiger partial charge in [-0.15, -0.1) is 0 Å². The van der Waals surface area contributed by atoms with Crippen LogP contribution >= 0.6 is 0 Å². The predicted molar refractivity (Wildman–Crippen MR) is 107 cm³/mol. The van der Waals surface area contributed by atoms with E-state index in [9.17, 15) is 13.2 Å². The second-order valence-electron chi connectivity index (χ2n) is 6.26. The molecule has 150 valence electrons. The van der Waals surface area contributed by atoms with E-state index in [1.54, 1.807) is 31.2 Å². The van der Waals surface area contributed by atoms with E-state index in [2.05, 4.69) is 5.32 Å². The van der Waals surface area contributed by atoms with Crippen molar-refractivity contribution in [1.82, 2.24) is 5.32 Å². The van der Waals surface area contributed by atoms with Crippen LogP contribution in [0.15, 0.2) is 48.5 Å². The van der Waals surface area contributed by atoms with Crippen LogP contribution in [0.4, 0.5) is 5.69 Å². The highest BCUT2D eigenvalue weighted by molar-refractivity contribution is 7.92. The lowest BCUT2D eigenvalue weighted by atomic mass is 10.2. The van der Waals surface area contributed by atoms with E-state index >= 15 is 0 Å². The Morgan fingerprint density at radius 2 is 1.89 bits per heavy atom. The van der Waals surface area contributed by atoms with Gasteiger partial charge in [-0.25, -0.2) is 8.42 Å². The lowest BCUT2D eigenvalue weighted by molar-refractivity contribution is -0.127. The Bertz CT molecular complexity index is 945. The summed E-state index contributed by atoms with van der Waals surface area (Å²) in [6, 6.07) is 14.3. The number of sulfonamides is 1. The first-order chi connectivity index (χ1) is 13.5. The maximum absolute atomic E-state index is 12.7. The second kappa shape index (κ2) is 8.52. The fourth-order valence-electron chi connectivity index (χ4n) is 3.00. The van der Waals surface area contributed by atoms with Gasteiger partial charge in [0.05, 0.1) is 24.6 Å². The Balaban J connectivity index is 1.76. The molecule has 0 bridgehead atoms. The van der Waals surface area contributed by atoms with Crippen LogP contribution in [-0.4, -0.2) is 39.3 Å². The van der Waals surface area contributed by atoms with Crippen LogP contribution in [-0.2, 0) is 21.4 Å². The molecule has 8 heteroatoms. The van der Waals surface area contributed by atoms with E-state index in [0.29, 0.717) is 23.8 Å². The molecule has 1 N–H and O–H groups in total. The molecule has 28 heavy (non-hydrogen) atoms. The van der Waals surface area contributed by atoms with Gasteiger partial charge >= 0.3 is 0 Å². The largest absolute Gasteiger partial charge is 0.494 e. The molecule has 0 saturated carbocycles. The van der Waals surface area contributed by atoms with Crippen molar-refractivity contribution in [3.8, 4) is 11.5 Å². The van der Waals surface area contributed by atoms with Crippen molar-refractivity contribution in [2.24, 2.45) is 0 Å². The van der Waals surface area contributed by atoms with Crippen LogP contribution in [0, 0.1) is 0 Å². The summed E-state index contributed by atoms with van der Waals surface area (Å²) in [6.45, 7) is 4.19. The van der Waals surface area contributed by atoms with Crippen LogP contribution < -0.4 is 19.1 Å². The molecule has 1 aliphatic rings. The molecule has 1 unspecified atom stereocenters. The van der Waals surface area contributed by atoms with Crippen LogP contribution in [0.5, 0.6) is 11.5 Å². The molecule has 0 fully saturated rings. The van der Waals surface area contributed by atoms with E-state index in [4.69, 9.17) is 9.47 Å². The number of anilines is 1. The lowest BCUT2D eigenvalue weighted by Crippen LogP contribution is -2.50. The molecule has 3 rings (SSSR count). The van der Waals surface area contributed by atoms with Gasteiger partial charge < -0.3 is 14.8 Å². The standard InChI is InChI=1S/C20H24N2O5S/c1-3-26-17-11-7-5-9-15(17)13-21-20(23)19-14-22(28(24,25)4-2)16-10-6-8-12-18(16)27-19/h5-12,19H,3-4,13-14H2,1-2H3,(H,21,23). The number of hydrogen-bond acceptors (Lipinski definition) is 5. The predicted octanol–water partition coefficient (Wildman–Crippen LogP) is 2.32. The van der Waals surface area contributed by atoms with Gasteiger partial charge in [-0.2, -0.15) is 0 Å². The van der Waals surface area contributed by atoms with Crippen molar-refractivity contribution in [1.29, 1.82) is 0 Å². The van der Waals surface area contributed by atoms with E-state index in [1.165, 1.54) is 4.31 Å². The first-order valence-corrected chi connectivity index (χ1v) is 10.8. The minimum Gasteiger partial charge on any atom is -0.494 e. The number of carbonyl (C=O) groups is 1. The summed E-state index contributed by atoms with van der Waals surface area (Å²) in [6.07, 6.45) is -0.935. The highest BCUT2D eigenvalue weighted by atomic mass is 32.2. The van der Waals surface area contributed by atoms with Crippen molar-refractivity contribution in [2.75, 3.05) is 23.2 Å². The molecule has 0 spiro atoms. The fraction of sp³-hybridized carbons (Fsp3) is 0.350. The number of benzene rings is 2. The number of nitrogens with one attached hydrogen (secondary N) is 1. The summed E-state index contributed by atoms with van der Waals surface area (Å²) < 4.78 is 37.6. The van der Waals surface area contributed by atoms with Gasteiger partial charge in [0.1, 0.15) is 11.5 Å². The second-order valence-corrected chi connectivity index (χ2v) is 8.45. The molecule has 2 aromatic rings. The average molecular weight is 404 g/mol. The number of carbonyl (C=O) groups excluding carboxylic acids is 1. The van der Waals surface area contributed by atoms with Gasteiger partial charge in [-0.1, -0.05) is 30.3 Å². The Kier molecular flexibility index (Phi) is 6.08. The van der Waals surface area contributed by atoms with Crippen molar-refractivity contribution >= 4 is 21.6 Å². The Hall–Kier alpha value is -2.74. The molecular weight excluding hydrogens is 380 g/mol. The van der Waals surface area contributed by atoms with Gasteiger partial charge in [-0.05, 0) is 32.0 Å². The molecule has 0 saturated heterocycles. The number of ether oxygens (including phenoxy) is 2. The molecule has 7 nitrogen and oxygen atoms in total. The van der Waals surface area contributed by atoms with Crippen LogP contribution in [0.25, 0.3) is 0 Å². The molecule has 1 amide bonds. The van der Waals surface area contributed by atoms with E-state index < -0.39 is 16.1 Å². The highest BCUT2D eigenvalue weighted by Gasteiger charge is 2.35. The third-order valence-corrected chi connectivity index (χ3v) is 6.20. The zero-order valence-corrected chi connectivity index (χ0v) is 16.7. The minimum atomic E-state index is -3.53. The quantitative estimate of drug-likeness (QED) is 0.766. The van der Waals surface area contributed by atoms with Crippen LogP contribution in [0.1, 0.15) is 19.4 Å². The fourth-order valence-corrected chi connectivity index (χ4v) is 4.13. The number of para-hydroxylation sites is 3. The lowest BCUT2D eigenvalue weighted by Gasteiger charge is -2.34. The zero-order valence-electron chi connectivity index (χ0n) is 15.9. The number of rotatable bonds is 7. The minimum absolute atomic E-state index is 0.0581. The van der Waals surface area contributed by atoms with Gasteiger partial charge in [-0.3, -0.25) is 9.10 Å². The smallest absolute Gasteiger partial charge is 0.263 e. The molecule has 2 aromatic carbocycles. The average Bonchev–Trinajstić information content (AvgIpc) is 2.72. The Morgan fingerprint density at radius 1 is 1.18 bits per heavy atom. The molecule has 1 aliphatic heterocycles. The maximum atomic E-state index is 12.7. The molecular formula is C20H24N2O5S. The van der Waals surface area contributed by atoms with Gasteiger partial charge in [0.2, 0.25) is 10.0 Å². The third kappa shape index (κ3) is 4.22. The Morgan fingerprint density at radius 3 is 2.64 bits per heavy atom. The van der Waals surface area contributed by atoms with Gasteiger partial charge in [0.25, 0.3) is 5.91 Å². The monoisotopic (exact) mass is 404 g/mol. The van der Waals surface area contributed by atoms with E-state index in [0.717, 1.165) is 5.56 Å². The summed E-state index contributed by atoms with van der Waals surface area (Å²) >= 11 is 0. The van der Waals surface area contributed by atoms with Crippen LogP contribution in [0.3, 0.4) is 0 Å². The first-order valence-electron chi connectivity index (χ1n) is 9.20. The van der Waals surface area contributed by atoms with Crippen molar-refractivity contribution in [3.05, 3.63) is 54.1 Å². The first kappa shape index (κ1) is 20.0. The summed E-state index contributed by atoms with van der Waals surface area (Å²) in [5, 5.41) is 2.82. The molecule has 1 atom stereocenters. The normalized spacial score (nSPS) is 16.1. The third-order valence-electron chi connectivity index (χ3n) is 4.45. The Labute approximate surface area is 165 Å². The number of nitrogens with zero attached hydrogens (tertiary/aromatic N) is 1. The summed E-state index contributed by atoms with van der Waals surface area (Å²) in [7, 11) is -3.53. The SMILES string of the molecule is CCOc1ccccc1CNC(=O)C1CN(S(=O)(=O)CC)c2ccccc2O1. The van der Waals surface area contributed by atoms with Crippen molar-refractivity contribution < 1.29 is 22.7 Å². The summed E-state index contributed by atoms with van der Waals surface area (Å²) in [5.74, 6) is 0.644.